The minimum atomic E-state index is -0.458. The second kappa shape index (κ2) is 4.71. The Labute approximate surface area is 96.4 Å². The summed E-state index contributed by atoms with van der Waals surface area (Å²) in [4.78, 5) is 14.1. The molecule has 2 rings (SSSR count). The Balaban J connectivity index is 2.23. The van der Waals surface area contributed by atoms with Crippen LogP contribution in [0.2, 0.25) is 0 Å². The van der Waals surface area contributed by atoms with Gasteiger partial charge in [0.25, 0.3) is 5.69 Å². The molecule has 17 heavy (non-hydrogen) atoms. The molecule has 7 heteroatoms. The average molecular weight is 234 g/mol. The van der Waals surface area contributed by atoms with Crippen LogP contribution in [0, 0.1) is 10.1 Å². The zero-order valence-corrected chi connectivity index (χ0v) is 8.87. The molecule has 88 valence electrons. The van der Waals surface area contributed by atoms with Gasteiger partial charge in [-0.1, -0.05) is 5.16 Å². The normalized spacial score (nSPS) is 10.4. The van der Waals surface area contributed by atoms with Gasteiger partial charge in [-0.15, -0.1) is 0 Å². The molecule has 0 aliphatic heterocycles. The SMILES string of the molecule is NCCc1nc(-c2ccc([N+](=O)[O-])cc2)no1. The van der Waals surface area contributed by atoms with Crippen molar-refractivity contribution < 1.29 is 9.45 Å². The van der Waals surface area contributed by atoms with Crippen molar-refractivity contribution in [1.29, 1.82) is 0 Å². The van der Waals surface area contributed by atoms with E-state index in [9.17, 15) is 10.1 Å². The Morgan fingerprint density at radius 3 is 2.65 bits per heavy atom. The smallest absolute Gasteiger partial charge is 0.269 e. The highest BCUT2D eigenvalue weighted by Gasteiger charge is 2.10. The summed E-state index contributed by atoms with van der Waals surface area (Å²) >= 11 is 0. The van der Waals surface area contributed by atoms with Crippen LogP contribution in [0.1, 0.15) is 5.89 Å². The number of hydrogen-bond acceptors (Lipinski definition) is 6. The van der Waals surface area contributed by atoms with E-state index in [4.69, 9.17) is 10.3 Å². The standard InChI is InChI=1S/C10H10N4O3/c11-6-5-9-12-10(13-17-9)7-1-3-8(4-2-7)14(15)16/h1-4H,5-6,11H2. The van der Waals surface area contributed by atoms with E-state index in [1.807, 2.05) is 0 Å². The van der Waals surface area contributed by atoms with Crippen LogP contribution in [-0.2, 0) is 6.42 Å². The highest BCUT2D eigenvalue weighted by molar-refractivity contribution is 5.56. The van der Waals surface area contributed by atoms with Crippen molar-refractivity contribution in [3.8, 4) is 11.4 Å². The van der Waals surface area contributed by atoms with Crippen LogP contribution < -0.4 is 5.73 Å². The van der Waals surface area contributed by atoms with Gasteiger partial charge in [0.15, 0.2) is 0 Å². The van der Waals surface area contributed by atoms with Gasteiger partial charge in [-0.2, -0.15) is 4.98 Å². The molecule has 0 amide bonds. The van der Waals surface area contributed by atoms with Crippen LogP contribution in [0.5, 0.6) is 0 Å². The lowest BCUT2D eigenvalue weighted by Crippen LogP contribution is -2.02. The van der Waals surface area contributed by atoms with Crippen LogP contribution in [-0.4, -0.2) is 21.6 Å². The van der Waals surface area contributed by atoms with E-state index in [2.05, 4.69) is 10.1 Å². The summed E-state index contributed by atoms with van der Waals surface area (Å²) in [5.41, 5.74) is 6.06. The molecule has 2 N–H and O–H groups in total. The number of nitrogens with zero attached hydrogens (tertiary/aromatic N) is 3. The number of rotatable bonds is 4. The summed E-state index contributed by atoms with van der Waals surface area (Å²) in [5, 5.41) is 14.2. The maximum atomic E-state index is 10.5. The van der Waals surface area contributed by atoms with Crippen molar-refractivity contribution in [2.45, 2.75) is 6.42 Å². The van der Waals surface area contributed by atoms with Gasteiger partial charge in [0.05, 0.1) is 4.92 Å². The lowest BCUT2D eigenvalue weighted by atomic mass is 10.2. The summed E-state index contributed by atoms with van der Waals surface area (Å²) in [5.74, 6) is 0.865. The molecule has 0 atom stereocenters. The monoisotopic (exact) mass is 234 g/mol. The lowest BCUT2D eigenvalue weighted by Gasteiger charge is -1.93. The number of hydrogen-bond donors (Lipinski definition) is 1. The van der Waals surface area contributed by atoms with Gasteiger partial charge in [-0.05, 0) is 12.1 Å². The summed E-state index contributed by atoms with van der Waals surface area (Å²) in [6, 6.07) is 5.95. The molecule has 0 unspecified atom stereocenters. The first-order chi connectivity index (χ1) is 8.20. The van der Waals surface area contributed by atoms with Gasteiger partial charge in [-0.25, -0.2) is 0 Å². The van der Waals surface area contributed by atoms with Crippen molar-refractivity contribution in [2.24, 2.45) is 5.73 Å². The fourth-order valence-corrected chi connectivity index (χ4v) is 1.33. The molecule has 1 aromatic carbocycles. The van der Waals surface area contributed by atoms with Gasteiger partial charge in [0.1, 0.15) is 0 Å². The molecular formula is C10H10N4O3. The second-order valence-electron chi connectivity index (χ2n) is 3.35. The van der Waals surface area contributed by atoms with E-state index < -0.39 is 4.92 Å². The average Bonchev–Trinajstić information content (AvgIpc) is 2.78. The topological polar surface area (TPSA) is 108 Å². The van der Waals surface area contributed by atoms with E-state index in [-0.39, 0.29) is 5.69 Å². The largest absolute Gasteiger partial charge is 0.339 e. The molecule has 0 saturated carbocycles. The van der Waals surface area contributed by atoms with Crippen molar-refractivity contribution >= 4 is 5.69 Å². The molecule has 0 saturated heterocycles. The minimum Gasteiger partial charge on any atom is -0.339 e. The molecule has 7 nitrogen and oxygen atoms in total. The summed E-state index contributed by atoms with van der Waals surface area (Å²) in [7, 11) is 0. The van der Waals surface area contributed by atoms with E-state index in [0.29, 0.717) is 30.2 Å². The third kappa shape index (κ3) is 2.45. The molecule has 2 aromatic rings. The minimum absolute atomic E-state index is 0.0272. The first-order valence-electron chi connectivity index (χ1n) is 4.98. The Kier molecular flexibility index (Phi) is 3.10. The zero-order chi connectivity index (χ0) is 12.3. The summed E-state index contributed by atoms with van der Waals surface area (Å²) in [6.07, 6.45) is 0.514. The Morgan fingerprint density at radius 2 is 2.06 bits per heavy atom. The van der Waals surface area contributed by atoms with E-state index in [0.717, 1.165) is 0 Å². The lowest BCUT2D eigenvalue weighted by molar-refractivity contribution is -0.384. The summed E-state index contributed by atoms with van der Waals surface area (Å²) < 4.78 is 4.96. The number of aromatic nitrogens is 2. The number of non-ortho nitro benzene ring substituents is 1. The van der Waals surface area contributed by atoms with Crippen LogP contribution >= 0.6 is 0 Å². The van der Waals surface area contributed by atoms with Crippen LogP contribution in [0.3, 0.4) is 0 Å². The highest BCUT2D eigenvalue weighted by Crippen LogP contribution is 2.19. The quantitative estimate of drug-likeness (QED) is 0.627. The van der Waals surface area contributed by atoms with Crippen molar-refractivity contribution in [3.63, 3.8) is 0 Å². The van der Waals surface area contributed by atoms with Crippen molar-refractivity contribution in [3.05, 3.63) is 40.3 Å². The molecule has 0 bridgehead atoms. The second-order valence-corrected chi connectivity index (χ2v) is 3.35. The molecule has 0 fully saturated rings. The van der Waals surface area contributed by atoms with E-state index >= 15 is 0 Å². The number of nitrogens with two attached hydrogens (primary N) is 1. The summed E-state index contributed by atoms with van der Waals surface area (Å²) in [6.45, 7) is 0.432. The van der Waals surface area contributed by atoms with Gasteiger partial charge in [-0.3, -0.25) is 10.1 Å². The van der Waals surface area contributed by atoms with Crippen LogP contribution in [0.4, 0.5) is 5.69 Å². The fourth-order valence-electron chi connectivity index (χ4n) is 1.33. The number of nitro benzene ring substituents is 1. The molecule has 0 aliphatic rings. The number of benzene rings is 1. The molecular weight excluding hydrogens is 224 g/mol. The first kappa shape index (κ1) is 11.2. The third-order valence-corrected chi connectivity index (χ3v) is 2.16. The van der Waals surface area contributed by atoms with Gasteiger partial charge < -0.3 is 10.3 Å². The van der Waals surface area contributed by atoms with Gasteiger partial charge >= 0.3 is 0 Å². The number of nitro groups is 1. The van der Waals surface area contributed by atoms with E-state index in [1.54, 1.807) is 12.1 Å². The molecule has 1 aromatic heterocycles. The van der Waals surface area contributed by atoms with Crippen molar-refractivity contribution in [1.82, 2.24) is 10.1 Å². The molecule has 0 radical (unpaired) electrons. The predicted octanol–water partition coefficient (Wildman–Crippen LogP) is 1.15. The molecule has 0 spiro atoms. The van der Waals surface area contributed by atoms with Gasteiger partial charge in [0, 0.05) is 30.7 Å². The first-order valence-corrected chi connectivity index (χ1v) is 4.98. The van der Waals surface area contributed by atoms with E-state index in [1.165, 1.54) is 12.1 Å². The Morgan fingerprint density at radius 1 is 1.35 bits per heavy atom. The Hall–Kier alpha value is -2.28. The van der Waals surface area contributed by atoms with Gasteiger partial charge in [0.2, 0.25) is 11.7 Å². The van der Waals surface area contributed by atoms with Crippen LogP contribution in [0.25, 0.3) is 11.4 Å². The molecule has 1 heterocycles. The molecule has 0 aliphatic carbocycles. The van der Waals surface area contributed by atoms with Crippen LogP contribution in [0.15, 0.2) is 28.8 Å². The highest BCUT2D eigenvalue weighted by atomic mass is 16.6. The fraction of sp³-hybridized carbons (Fsp3) is 0.200. The Bertz CT molecular complexity index is 521. The maximum Gasteiger partial charge on any atom is 0.269 e. The third-order valence-electron chi connectivity index (χ3n) is 2.16. The predicted molar refractivity (Wildman–Crippen MR) is 59.1 cm³/mol. The maximum absolute atomic E-state index is 10.5. The van der Waals surface area contributed by atoms with Crippen molar-refractivity contribution in [2.75, 3.05) is 6.54 Å². The zero-order valence-electron chi connectivity index (χ0n) is 8.87.